The first-order chi connectivity index (χ1) is 8.92. The van der Waals surface area contributed by atoms with E-state index in [2.05, 4.69) is 29.6 Å². The van der Waals surface area contributed by atoms with E-state index in [-0.39, 0.29) is 0 Å². The van der Waals surface area contributed by atoms with Crippen LogP contribution in [-0.4, -0.2) is 12.6 Å². The molecule has 3 rings (SSSR count). The summed E-state index contributed by atoms with van der Waals surface area (Å²) in [5.41, 5.74) is 3.07. The Kier molecular flexibility index (Phi) is 3.99. The van der Waals surface area contributed by atoms with Crippen LogP contribution in [0.5, 0.6) is 0 Å². The second-order valence-corrected chi connectivity index (χ2v) is 6.05. The molecular formula is C17H25N. The van der Waals surface area contributed by atoms with Crippen LogP contribution in [0.2, 0.25) is 0 Å². The third-order valence-electron chi connectivity index (χ3n) is 4.48. The number of hydrogen-bond acceptors (Lipinski definition) is 1. The summed E-state index contributed by atoms with van der Waals surface area (Å²) in [7, 11) is 0. The van der Waals surface area contributed by atoms with Crippen LogP contribution < -0.4 is 5.32 Å². The van der Waals surface area contributed by atoms with E-state index in [0.29, 0.717) is 0 Å². The summed E-state index contributed by atoms with van der Waals surface area (Å²) >= 11 is 0. The second kappa shape index (κ2) is 5.88. The molecule has 2 saturated carbocycles. The molecule has 2 aliphatic rings. The average molecular weight is 243 g/mol. The van der Waals surface area contributed by atoms with Crippen molar-refractivity contribution in [3.05, 3.63) is 35.4 Å². The molecule has 18 heavy (non-hydrogen) atoms. The molecule has 0 aromatic heterocycles. The summed E-state index contributed by atoms with van der Waals surface area (Å²) in [6.07, 6.45) is 11.1. The van der Waals surface area contributed by atoms with Crippen molar-refractivity contribution < 1.29 is 0 Å². The predicted molar refractivity (Wildman–Crippen MR) is 77.0 cm³/mol. The molecule has 2 aliphatic carbocycles. The SMILES string of the molecule is c1cc(C2CCCCC2)ccc1CCNC1CC1. The molecule has 1 heteroatoms. The van der Waals surface area contributed by atoms with Crippen LogP contribution >= 0.6 is 0 Å². The maximum Gasteiger partial charge on any atom is 0.00683 e. The van der Waals surface area contributed by atoms with Crippen molar-refractivity contribution in [1.29, 1.82) is 0 Å². The Morgan fingerprint density at radius 1 is 0.889 bits per heavy atom. The van der Waals surface area contributed by atoms with Gasteiger partial charge >= 0.3 is 0 Å². The molecular weight excluding hydrogens is 218 g/mol. The summed E-state index contributed by atoms with van der Waals surface area (Å²) in [5, 5.41) is 3.58. The van der Waals surface area contributed by atoms with Crippen molar-refractivity contribution in [3.8, 4) is 0 Å². The van der Waals surface area contributed by atoms with Crippen molar-refractivity contribution in [2.45, 2.75) is 63.3 Å². The Morgan fingerprint density at radius 2 is 1.61 bits per heavy atom. The third-order valence-corrected chi connectivity index (χ3v) is 4.48. The van der Waals surface area contributed by atoms with Crippen LogP contribution in [0.4, 0.5) is 0 Å². The van der Waals surface area contributed by atoms with E-state index in [4.69, 9.17) is 0 Å². The Balaban J connectivity index is 1.50. The van der Waals surface area contributed by atoms with Crippen molar-refractivity contribution in [2.75, 3.05) is 6.54 Å². The molecule has 0 bridgehead atoms. The smallest absolute Gasteiger partial charge is 0.00683 e. The number of nitrogens with one attached hydrogen (secondary N) is 1. The lowest BCUT2D eigenvalue weighted by molar-refractivity contribution is 0.443. The molecule has 0 amide bonds. The van der Waals surface area contributed by atoms with Gasteiger partial charge in [0, 0.05) is 6.04 Å². The van der Waals surface area contributed by atoms with E-state index >= 15 is 0 Å². The van der Waals surface area contributed by atoms with Gasteiger partial charge in [-0.15, -0.1) is 0 Å². The van der Waals surface area contributed by atoms with Gasteiger partial charge in [-0.1, -0.05) is 43.5 Å². The van der Waals surface area contributed by atoms with Crippen molar-refractivity contribution in [2.24, 2.45) is 0 Å². The lowest BCUT2D eigenvalue weighted by atomic mass is 9.84. The van der Waals surface area contributed by atoms with Gasteiger partial charge in [0.25, 0.3) is 0 Å². The van der Waals surface area contributed by atoms with Crippen molar-refractivity contribution in [1.82, 2.24) is 5.32 Å². The van der Waals surface area contributed by atoms with Gasteiger partial charge < -0.3 is 5.32 Å². The highest BCUT2D eigenvalue weighted by Gasteiger charge is 2.19. The van der Waals surface area contributed by atoms with E-state index < -0.39 is 0 Å². The van der Waals surface area contributed by atoms with Crippen molar-refractivity contribution >= 4 is 0 Å². The first-order valence-corrected chi connectivity index (χ1v) is 7.74. The van der Waals surface area contributed by atoms with E-state index in [1.54, 1.807) is 5.56 Å². The molecule has 0 spiro atoms. The molecule has 0 unspecified atom stereocenters. The number of hydrogen-bond donors (Lipinski definition) is 1. The standard InChI is InChI=1S/C17H25N/c1-2-4-15(5-3-1)16-8-6-14(7-9-16)12-13-18-17-10-11-17/h6-9,15,17-18H,1-5,10-13H2. The van der Waals surface area contributed by atoms with Gasteiger partial charge in [0.2, 0.25) is 0 Å². The second-order valence-electron chi connectivity index (χ2n) is 6.05. The summed E-state index contributed by atoms with van der Waals surface area (Å²) in [5.74, 6) is 0.845. The molecule has 2 fully saturated rings. The van der Waals surface area contributed by atoms with Gasteiger partial charge in [-0.05, 0) is 55.7 Å². The topological polar surface area (TPSA) is 12.0 Å². The van der Waals surface area contributed by atoms with E-state index in [9.17, 15) is 0 Å². The minimum atomic E-state index is 0.839. The van der Waals surface area contributed by atoms with E-state index in [1.165, 1.54) is 56.9 Å². The maximum absolute atomic E-state index is 3.58. The normalized spacial score (nSPS) is 21.1. The molecule has 1 nitrogen and oxygen atoms in total. The van der Waals surface area contributed by atoms with E-state index in [1.807, 2.05) is 0 Å². The predicted octanol–water partition coefficient (Wildman–Crippen LogP) is 4.03. The summed E-state index contributed by atoms with van der Waals surface area (Å²) in [6.45, 7) is 1.15. The molecule has 1 aromatic carbocycles. The molecule has 0 aliphatic heterocycles. The largest absolute Gasteiger partial charge is 0.314 e. The van der Waals surface area contributed by atoms with E-state index in [0.717, 1.165) is 18.5 Å². The highest BCUT2D eigenvalue weighted by Crippen LogP contribution is 2.32. The van der Waals surface area contributed by atoms with Crippen LogP contribution in [0, 0.1) is 0 Å². The molecule has 0 saturated heterocycles. The Labute approximate surface area is 111 Å². The first kappa shape index (κ1) is 12.2. The zero-order valence-electron chi connectivity index (χ0n) is 11.3. The Bertz CT molecular complexity index is 358. The Hall–Kier alpha value is -0.820. The minimum Gasteiger partial charge on any atom is -0.314 e. The zero-order chi connectivity index (χ0) is 12.2. The van der Waals surface area contributed by atoms with Gasteiger partial charge in [0.1, 0.15) is 0 Å². The fourth-order valence-corrected chi connectivity index (χ4v) is 3.10. The first-order valence-electron chi connectivity index (χ1n) is 7.74. The fourth-order valence-electron chi connectivity index (χ4n) is 3.10. The third kappa shape index (κ3) is 3.35. The van der Waals surface area contributed by atoms with Gasteiger partial charge in [-0.25, -0.2) is 0 Å². The van der Waals surface area contributed by atoms with Gasteiger partial charge in [-0.3, -0.25) is 0 Å². The van der Waals surface area contributed by atoms with Crippen LogP contribution in [0.3, 0.4) is 0 Å². The minimum absolute atomic E-state index is 0.839. The summed E-state index contributed by atoms with van der Waals surface area (Å²) in [6, 6.07) is 10.3. The lowest BCUT2D eigenvalue weighted by Gasteiger charge is -2.22. The molecule has 0 radical (unpaired) electrons. The van der Waals surface area contributed by atoms with Crippen molar-refractivity contribution in [3.63, 3.8) is 0 Å². The van der Waals surface area contributed by atoms with Crippen LogP contribution in [0.1, 0.15) is 62.0 Å². The van der Waals surface area contributed by atoms with Gasteiger partial charge in [-0.2, -0.15) is 0 Å². The lowest BCUT2D eigenvalue weighted by Crippen LogP contribution is -2.19. The van der Waals surface area contributed by atoms with Gasteiger partial charge in [0.15, 0.2) is 0 Å². The average Bonchev–Trinajstić information content (AvgIpc) is 3.25. The summed E-state index contributed by atoms with van der Waals surface area (Å²) in [4.78, 5) is 0. The molecule has 0 atom stereocenters. The highest BCUT2D eigenvalue weighted by molar-refractivity contribution is 5.26. The fraction of sp³-hybridized carbons (Fsp3) is 0.647. The van der Waals surface area contributed by atoms with Crippen LogP contribution in [0.15, 0.2) is 24.3 Å². The molecule has 1 N–H and O–H groups in total. The number of rotatable bonds is 5. The molecule has 0 heterocycles. The molecule has 1 aromatic rings. The number of benzene rings is 1. The summed E-state index contributed by atoms with van der Waals surface area (Å²) < 4.78 is 0. The quantitative estimate of drug-likeness (QED) is 0.823. The Morgan fingerprint density at radius 3 is 2.28 bits per heavy atom. The highest BCUT2D eigenvalue weighted by atomic mass is 14.9. The van der Waals surface area contributed by atoms with Crippen LogP contribution in [0.25, 0.3) is 0 Å². The molecule has 98 valence electrons. The maximum atomic E-state index is 3.58. The monoisotopic (exact) mass is 243 g/mol. The van der Waals surface area contributed by atoms with Gasteiger partial charge in [0.05, 0.1) is 0 Å². The zero-order valence-corrected chi connectivity index (χ0v) is 11.3. The van der Waals surface area contributed by atoms with Crippen LogP contribution in [-0.2, 0) is 6.42 Å².